The average molecular weight is 197 g/mol. The van der Waals surface area contributed by atoms with E-state index in [1.807, 2.05) is 6.92 Å². The molecule has 2 heterocycles. The zero-order valence-electron chi connectivity index (χ0n) is 8.34. The van der Waals surface area contributed by atoms with Gasteiger partial charge in [-0.25, -0.2) is 0 Å². The molecule has 78 valence electrons. The predicted molar refractivity (Wildman–Crippen MR) is 49.5 cm³/mol. The van der Waals surface area contributed by atoms with Gasteiger partial charge in [0.25, 0.3) is 0 Å². The van der Waals surface area contributed by atoms with Crippen LogP contribution in [0.3, 0.4) is 0 Å². The Kier molecular flexibility index (Phi) is 2.31. The summed E-state index contributed by atoms with van der Waals surface area (Å²) in [4.78, 5) is 22.8. The fourth-order valence-electron chi connectivity index (χ4n) is 2.34. The molecule has 0 aromatic heterocycles. The van der Waals surface area contributed by atoms with Gasteiger partial charge in [0.05, 0.1) is 11.5 Å². The van der Waals surface area contributed by atoms with Crippen molar-refractivity contribution in [3.63, 3.8) is 0 Å². The third kappa shape index (κ3) is 1.43. The van der Waals surface area contributed by atoms with Crippen LogP contribution in [0, 0.1) is 5.41 Å². The average Bonchev–Trinajstić information content (AvgIpc) is 2.42. The van der Waals surface area contributed by atoms with Crippen LogP contribution in [-0.2, 0) is 14.3 Å². The van der Waals surface area contributed by atoms with E-state index in [1.165, 1.54) is 0 Å². The number of amides is 2. The van der Waals surface area contributed by atoms with E-state index in [1.54, 1.807) is 0 Å². The summed E-state index contributed by atoms with van der Waals surface area (Å²) < 4.78 is 5.51. The summed E-state index contributed by atoms with van der Waals surface area (Å²) in [7, 11) is 0. The monoisotopic (exact) mass is 197 g/mol. The minimum Gasteiger partial charge on any atom is -0.378 e. The molecule has 2 unspecified atom stereocenters. The van der Waals surface area contributed by atoms with Gasteiger partial charge < -0.3 is 4.74 Å². The van der Waals surface area contributed by atoms with Crippen molar-refractivity contribution < 1.29 is 14.3 Å². The van der Waals surface area contributed by atoms with Gasteiger partial charge in [-0.2, -0.15) is 0 Å². The Labute approximate surface area is 83.0 Å². The lowest BCUT2D eigenvalue weighted by Crippen LogP contribution is -2.40. The van der Waals surface area contributed by atoms with Gasteiger partial charge >= 0.3 is 0 Å². The molecule has 2 atom stereocenters. The number of carbonyl (C=O) groups excluding carboxylic acids is 2. The number of nitrogens with one attached hydrogen (secondary N) is 1. The van der Waals surface area contributed by atoms with Crippen molar-refractivity contribution in [1.29, 1.82) is 0 Å². The lowest BCUT2D eigenvalue weighted by Gasteiger charge is -2.34. The van der Waals surface area contributed by atoms with E-state index in [-0.39, 0.29) is 17.9 Å². The van der Waals surface area contributed by atoms with Crippen LogP contribution in [-0.4, -0.2) is 24.5 Å². The highest BCUT2D eigenvalue weighted by molar-refractivity contribution is 6.05. The maximum absolute atomic E-state index is 11.6. The van der Waals surface area contributed by atoms with Gasteiger partial charge in [-0.15, -0.1) is 0 Å². The van der Waals surface area contributed by atoms with E-state index in [9.17, 15) is 9.59 Å². The van der Waals surface area contributed by atoms with Crippen molar-refractivity contribution in [2.75, 3.05) is 6.61 Å². The molecule has 1 N–H and O–H groups in total. The van der Waals surface area contributed by atoms with E-state index in [4.69, 9.17) is 4.74 Å². The lowest BCUT2D eigenvalue weighted by atomic mass is 9.76. The maximum atomic E-state index is 11.6. The highest BCUT2D eigenvalue weighted by atomic mass is 16.5. The van der Waals surface area contributed by atoms with E-state index in [0.717, 1.165) is 6.42 Å². The van der Waals surface area contributed by atoms with Gasteiger partial charge in [-0.1, -0.05) is 6.92 Å². The number of hydrogen-bond donors (Lipinski definition) is 1. The number of ether oxygens (including phenoxy) is 1. The minimum absolute atomic E-state index is 0.0933. The number of imide groups is 1. The Bertz CT molecular complexity index is 277. The minimum atomic E-state index is -0.448. The van der Waals surface area contributed by atoms with Crippen molar-refractivity contribution in [3.8, 4) is 0 Å². The summed E-state index contributed by atoms with van der Waals surface area (Å²) in [6, 6.07) is 0. The molecule has 2 aliphatic rings. The molecular weight excluding hydrogens is 182 g/mol. The largest absolute Gasteiger partial charge is 0.378 e. The first kappa shape index (κ1) is 9.65. The van der Waals surface area contributed by atoms with E-state index < -0.39 is 5.41 Å². The van der Waals surface area contributed by atoms with Crippen LogP contribution in [0.15, 0.2) is 0 Å². The van der Waals surface area contributed by atoms with Crippen LogP contribution < -0.4 is 5.32 Å². The van der Waals surface area contributed by atoms with Crippen molar-refractivity contribution >= 4 is 11.8 Å². The Hall–Kier alpha value is -0.900. The first-order valence-corrected chi connectivity index (χ1v) is 5.12. The second-order valence-corrected chi connectivity index (χ2v) is 4.19. The summed E-state index contributed by atoms with van der Waals surface area (Å²) in [5, 5.41) is 2.39. The molecule has 0 aliphatic carbocycles. The first-order valence-electron chi connectivity index (χ1n) is 5.12. The Morgan fingerprint density at radius 1 is 1.57 bits per heavy atom. The highest BCUT2D eigenvalue weighted by Crippen LogP contribution is 2.40. The fraction of sp³-hybridized carbons (Fsp3) is 0.800. The van der Waals surface area contributed by atoms with E-state index >= 15 is 0 Å². The summed E-state index contributed by atoms with van der Waals surface area (Å²) in [5.74, 6) is -0.226. The Morgan fingerprint density at radius 2 is 2.36 bits per heavy atom. The normalized spacial score (nSPS) is 37.6. The quantitative estimate of drug-likeness (QED) is 0.626. The smallest absolute Gasteiger partial charge is 0.233 e. The lowest BCUT2D eigenvalue weighted by molar-refractivity contribution is -0.136. The second-order valence-electron chi connectivity index (χ2n) is 4.19. The SMILES string of the molecule is CCC1CC2(CCO1)CC(=O)NC2=O. The first-order chi connectivity index (χ1) is 6.66. The molecule has 4 heteroatoms. The molecule has 0 aromatic rings. The molecule has 0 aromatic carbocycles. The van der Waals surface area contributed by atoms with Gasteiger partial charge in [-0.05, 0) is 19.3 Å². The molecule has 0 bridgehead atoms. The van der Waals surface area contributed by atoms with Crippen LogP contribution in [0.5, 0.6) is 0 Å². The topological polar surface area (TPSA) is 55.4 Å². The summed E-state index contributed by atoms with van der Waals surface area (Å²) in [5.41, 5.74) is -0.448. The standard InChI is InChI=1S/C10H15NO3/c1-2-7-5-10(3-4-14-7)6-8(12)11-9(10)13/h7H,2-6H2,1H3,(H,11,12,13). The number of hydrogen-bond acceptors (Lipinski definition) is 3. The van der Waals surface area contributed by atoms with Gasteiger partial charge in [0.1, 0.15) is 0 Å². The molecule has 2 fully saturated rings. The van der Waals surface area contributed by atoms with Gasteiger partial charge in [-0.3, -0.25) is 14.9 Å². The van der Waals surface area contributed by atoms with Gasteiger partial charge in [0.15, 0.2) is 0 Å². The zero-order valence-corrected chi connectivity index (χ0v) is 8.34. The van der Waals surface area contributed by atoms with Crippen molar-refractivity contribution in [1.82, 2.24) is 5.32 Å². The summed E-state index contributed by atoms with van der Waals surface area (Å²) in [6.07, 6.45) is 2.78. The summed E-state index contributed by atoms with van der Waals surface area (Å²) >= 11 is 0. The number of carbonyl (C=O) groups is 2. The van der Waals surface area contributed by atoms with Gasteiger partial charge in [0.2, 0.25) is 11.8 Å². The summed E-state index contributed by atoms with van der Waals surface area (Å²) in [6.45, 7) is 2.64. The third-order valence-corrected chi connectivity index (χ3v) is 3.24. The predicted octanol–water partition coefficient (Wildman–Crippen LogP) is 0.608. The van der Waals surface area contributed by atoms with Crippen LogP contribution >= 0.6 is 0 Å². The van der Waals surface area contributed by atoms with Crippen molar-refractivity contribution in [2.24, 2.45) is 5.41 Å². The molecule has 2 amide bonds. The Balaban J connectivity index is 2.15. The molecule has 2 aliphatic heterocycles. The second kappa shape index (κ2) is 3.35. The van der Waals surface area contributed by atoms with E-state index in [2.05, 4.69) is 5.32 Å². The molecule has 2 saturated heterocycles. The Morgan fingerprint density at radius 3 is 2.93 bits per heavy atom. The molecule has 0 radical (unpaired) electrons. The molecule has 1 spiro atoms. The van der Waals surface area contributed by atoms with E-state index in [0.29, 0.717) is 25.9 Å². The zero-order chi connectivity index (χ0) is 10.2. The van der Waals surface area contributed by atoms with Crippen LogP contribution in [0.25, 0.3) is 0 Å². The highest BCUT2D eigenvalue weighted by Gasteiger charge is 2.49. The number of rotatable bonds is 1. The van der Waals surface area contributed by atoms with Crippen molar-refractivity contribution in [3.05, 3.63) is 0 Å². The van der Waals surface area contributed by atoms with Crippen LogP contribution in [0.2, 0.25) is 0 Å². The molecular formula is C10H15NO3. The molecule has 14 heavy (non-hydrogen) atoms. The van der Waals surface area contributed by atoms with Crippen LogP contribution in [0.1, 0.15) is 32.6 Å². The third-order valence-electron chi connectivity index (χ3n) is 3.24. The van der Waals surface area contributed by atoms with Gasteiger partial charge in [0, 0.05) is 13.0 Å². The van der Waals surface area contributed by atoms with Crippen molar-refractivity contribution in [2.45, 2.75) is 38.7 Å². The molecule has 0 saturated carbocycles. The molecule has 4 nitrogen and oxygen atoms in total. The maximum Gasteiger partial charge on any atom is 0.233 e. The molecule has 2 rings (SSSR count). The fourth-order valence-corrected chi connectivity index (χ4v) is 2.34. The van der Waals surface area contributed by atoms with Crippen LogP contribution in [0.4, 0.5) is 0 Å².